The van der Waals surface area contributed by atoms with E-state index in [4.69, 9.17) is 4.74 Å². The van der Waals surface area contributed by atoms with Gasteiger partial charge < -0.3 is 14.4 Å². The molecule has 2 unspecified atom stereocenters. The summed E-state index contributed by atoms with van der Waals surface area (Å²) in [6.07, 6.45) is 13.3. The largest absolute Gasteiger partial charge is 0.478 e. The van der Waals surface area contributed by atoms with Gasteiger partial charge >= 0.3 is 5.97 Å². The standard InChI is InChI=1S/C30H35NO3.2C2H6/c1-3-4-6-10-22(2)31-28-18-16-25(30(32)33)19-26(28)20-29(31)24-13-9-14-27(17-15-24)34-21-23-11-7-5-8-12-23;2*1-2/h5,7-8,11-13,15-20,22,27H,3-4,6,9-10,14,21H2,1-2H3,(H,32,33);2*1-2H3. The summed E-state index contributed by atoms with van der Waals surface area (Å²) in [5, 5.41) is 10.5. The number of ether oxygens (including phenoxy) is 1. The van der Waals surface area contributed by atoms with Gasteiger partial charge in [0.25, 0.3) is 0 Å². The van der Waals surface area contributed by atoms with Crippen LogP contribution in [0.15, 0.2) is 72.8 Å². The van der Waals surface area contributed by atoms with Crippen molar-refractivity contribution in [2.24, 2.45) is 0 Å². The summed E-state index contributed by atoms with van der Waals surface area (Å²) in [5.41, 5.74) is 4.94. The predicted octanol–water partition coefficient (Wildman–Crippen LogP) is 9.85. The highest BCUT2D eigenvalue weighted by Crippen LogP contribution is 2.33. The van der Waals surface area contributed by atoms with Gasteiger partial charge in [-0.3, -0.25) is 0 Å². The van der Waals surface area contributed by atoms with Gasteiger partial charge in [-0.25, -0.2) is 4.79 Å². The quantitative estimate of drug-likeness (QED) is 0.272. The Hall–Kier alpha value is -3.11. The molecular formula is C34H47NO3. The van der Waals surface area contributed by atoms with E-state index in [-0.39, 0.29) is 6.10 Å². The van der Waals surface area contributed by atoms with Crippen LogP contribution in [0.4, 0.5) is 0 Å². The van der Waals surface area contributed by atoms with Crippen molar-refractivity contribution >= 4 is 22.4 Å². The maximum absolute atomic E-state index is 11.5. The highest BCUT2D eigenvalue weighted by Gasteiger charge is 2.19. The van der Waals surface area contributed by atoms with Crippen molar-refractivity contribution in [2.45, 2.75) is 98.8 Å². The summed E-state index contributed by atoms with van der Waals surface area (Å²) in [6, 6.07) is 18.2. The zero-order valence-corrected chi connectivity index (χ0v) is 24.2. The normalized spacial score (nSPS) is 15.4. The SMILES string of the molecule is CC.CC.CCCCCC(C)n1c(C2=CCCC(OCc3ccccc3)C=C2)cc2cc(C(=O)O)ccc21. The number of aromatic nitrogens is 1. The highest BCUT2D eigenvalue weighted by atomic mass is 16.5. The molecule has 2 aromatic carbocycles. The van der Waals surface area contributed by atoms with Crippen molar-refractivity contribution in [3.63, 3.8) is 0 Å². The monoisotopic (exact) mass is 517 g/mol. The van der Waals surface area contributed by atoms with Crippen molar-refractivity contribution in [2.75, 3.05) is 0 Å². The lowest BCUT2D eigenvalue weighted by Gasteiger charge is -2.20. The molecule has 1 aromatic heterocycles. The molecule has 3 aromatic rings. The van der Waals surface area contributed by atoms with Crippen molar-refractivity contribution < 1.29 is 14.6 Å². The fourth-order valence-corrected chi connectivity index (χ4v) is 4.77. The van der Waals surface area contributed by atoms with Crippen LogP contribution in [0.5, 0.6) is 0 Å². The molecule has 1 N–H and O–H groups in total. The average Bonchev–Trinajstić information content (AvgIpc) is 3.18. The Balaban J connectivity index is 0.00000121. The van der Waals surface area contributed by atoms with Gasteiger partial charge in [0.15, 0.2) is 0 Å². The first-order chi connectivity index (χ1) is 18.6. The lowest BCUT2D eigenvalue weighted by molar-refractivity contribution is 0.0675. The van der Waals surface area contributed by atoms with Gasteiger partial charge in [-0.2, -0.15) is 0 Å². The van der Waals surface area contributed by atoms with Crippen molar-refractivity contribution in [3.05, 3.63) is 89.6 Å². The maximum Gasteiger partial charge on any atom is 0.335 e. The van der Waals surface area contributed by atoms with Crippen LogP contribution in [-0.2, 0) is 11.3 Å². The minimum atomic E-state index is -0.890. The first kappa shape index (κ1) is 31.1. The Morgan fingerprint density at radius 1 is 1.05 bits per heavy atom. The number of carboxylic acids is 1. The molecule has 0 radical (unpaired) electrons. The minimum absolute atomic E-state index is 0.0763. The molecule has 0 aliphatic heterocycles. The van der Waals surface area contributed by atoms with E-state index in [2.05, 4.69) is 54.8 Å². The lowest BCUT2D eigenvalue weighted by atomic mass is 10.1. The molecule has 0 spiro atoms. The molecule has 0 bridgehead atoms. The third-order valence-electron chi connectivity index (χ3n) is 6.66. The molecule has 1 aliphatic rings. The molecule has 206 valence electrons. The number of benzene rings is 2. The van der Waals surface area contributed by atoms with E-state index in [0.717, 1.165) is 35.9 Å². The summed E-state index contributed by atoms with van der Waals surface area (Å²) in [4.78, 5) is 11.5. The van der Waals surface area contributed by atoms with Gasteiger partial charge in [-0.05, 0) is 61.6 Å². The number of hydrogen-bond acceptors (Lipinski definition) is 2. The maximum atomic E-state index is 11.5. The number of allylic oxidation sites excluding steroid dienone is 3. The number of carbonyl (C=O) groups is 1. The second kappa shape index (κ2) is 16.7. The number of fused-ring (bicyclic) bond motifs is 1. The van der Waals surface area contributed by atoms with E-state index in [9.17, 15) is 9.90 Å². The summed E-state index contributed by atoms with van der Waals surface area (Å²) in [7, 11) is 0. The van der Waals surface area contributed by atoms with Crippen LogP contribution >= 0.6 is 0 Å². The number of hydrogen-bond donors (Lipinski definition) is 1. The van der Waals surface area contributed by atoms with Crippen LogP contribution in [0, 0.1) is 0 Å². The molecule has 0 amide bonds. The number of aromatic carboxylic acids is 1. The van der Waals surface area contributed by atoms with Gasteiger partial charge in [0.05, 0.1) is 18.3 Å². The molecule has 1 aliphatic carbocycles. The summed E-state index contributed by atoms with van der Waals surface area (Å²) < 4.78 is 8.59. The molecule has 1 heterocycles. The Kier molecular flexibility index (Phi) is 13.7. The predicted molar refractivity (Wildman–Crippen MR) is 162 cm³/mol. The van der Waals surface area contributed by atoms with Crippen LogP contribution in [0.1, 0.15) is 108 Å². The molecule has 0 saturated heterocycles. The Morgan fingerprint density at radius 2 is 1.79 bits per heavy atom. The number of nitrogens with zero attached hydrogens (tertiary/aromatic N) is 1. The third-order valence-corrected chi connectivity index (χ3v) is 6.66. The van der Waals surface area contributed by atoms with Crippen LogP contribution in [0.3, 0.4) is 0 Å². The zero-order chi connectivity index (χ0) is 27.9. The molecule has 0 fully saturated rings. The first-order valence-electron chi connectivity index (χ1n) is 14.5. The first-order valence-corrected chi connectivity index (χ1v) is 14.5. The molecular weight excluding hydrogens is 470 g/mol. The van der Waals surface area contributed by atoms with E-state index in [1.54, 1.807) is 12.1 Å². The van der Waals surface area contributed by atoms with Gasteiger partial charge in [-0.15, -0.1) is 0 Å². The van der Waals surface area contributed by atoms with E-state index < -0.39 is 5.97 Å². The average molecular weight is 518 g/mol. The van der Waals surface area contributed by atoms with E-state index in [1.807, 2.05) is 52.0 Å². The van der Waals surface area contributed by atoms with Crippen LogP contribution in [0.2, 0.25) is 0 Å². The Labute approximate surface area is 230 Å². The van der Waals surface area contributed by atoms with Gasteiger partial charge in [0.2, 0.25) is 0 Å². The molecule has 38 heavy (non-hydrogen) atoms. The molecule has 4 rings (SSSR count). The second-order valence-corrected chi connectivity index (χ2v) is 9.25. The Morgan fingerprint density at radius 3 is 2.47 bits per heavy atom. The third kappa shape index (κ3) is 8.46. The molecule has 0 saturated carbocycles. The Bertz CT molecular complexity index is 1170. The minimum Gasteiger partial charge on any atom is -0.478 e. The number of carboxylic acid groups (broad SMARTS) is 1. The summed E-state index contributed by atoms with van der Waals surface area (Å²) in [6.45, 7) is 13.1. The van der Waals surface area contributed by atoms with Crippen molar-refractivity contribution in [1.82, 2.24) is 4.57 Å². The summed E-state index contributed by atoms with van der Waals surface area (Å²) >= 11 is 0. The van der Waals surface area contributed by atoms with Gasteiger partial charge in [0, 0.05) is 22.6 Å². The van der Waals surface area contributed by atoms with E-state index in [0.29, 0.717) is 18.2 Å². The lowest BCUT2D eigenvalue weighted by Crippen LogP contribution is -2.09. The smallest absolute Gasteiger partial charge is 0.335 e. The molecule has 2 atom stereocenters. The fraction of sp³-hybridized carbons (Fsp3) is 0.441. The van der Waals surface area contributed by atoms with Crippen LogP contribution in [-0.4, -0.2) is 21.7 Å². The topological polar surface area (TPSA) is 51.5 Å². The molecule has 4 nitrogen and oxygen atoms in total. The van der Waals surface area contributed by atoms with Crippen LogP contribution < -0.4 is 0 Å². The number of unbranched alkanes of at least 4 members (excludes halogenated alkanes) is 2. The van der Waals surface area contributed by atoms with Crippen LogP contribution in [0.25, 0.3) is 16.5 Å². The number of rotatable bonds is 10. The summed E-state index contributed by atoms with van der Waals surface area (Å²) in [5.74, 6) is -0.890. The van der Waals surface area contributed by atoms with E-state index >= 15 is 0 Å². The fourth-order valence-electron chi connectivity index (χ4n) is 4.77. The van der Waals surface area contributed by atoms with E-state index in [1.165, 1.54) is 30.4 Å². The highest BCUT2D eigenvalue weighted by molar-refractivity contribution is 5.95. The van der Waals surface area contributed by atoms with Gasteiger partial charge in [0.1, 0.15) is 0 Å². The van der Waals surface area contributed by atoms with Gasteiger partial charge in [-0.1, -0.05) is 102 Å². The zero-order valence-electron chi connectivity index (χ0n) is 24.2. The van der Waals surface area contributed by atoms with Crippen molar-refractivity contribution in [1.29, 1.82) is 0 Å². The molecule has 4 heteroatoms. The van der Waals surface area contributed by atoms with Crippen molar-refractivity contribution in [3.8, 4) is 0 Å². The second-order valence-electron chi connectivity index (χ2n) is 9.25.